The molecule has 1 aliphatic rings. The van der Waals surface area contributed by atoms with E-state index in [0.29, 0.717) is 11.3 Å². The molecule has 100 valence electrons. The SMILES string of the molecule is CNC(Cc1ccc(C)cc1Cl)C1CSCCS1. The van der Waals surface area contributed by atoms with Crippen LogP contribution in [-0.2, 0) is 6.42 Å². The van der Waals surface area contributed by atoms with Gasteiger partial charge < -0.3 is 5.32 Å². The lowest BCUT2D eigenvalue weighted by Gasteiger charge is -2.29. The van der Waals surface area contributed by atoms with Crippen molar-refractivity contribution >= 4 is 35.1 Å². The Balaban J connectivity index is 2.04. The molecule has 1 aromatic carbocycles. The van der Waals surface area contributed by atoms with E-state index in [1.54, 1.807) is 0 Å². The van der Waals surface area contributed by atoms with Crippen molar-refractivity contribution in [3.05, 3.63) is 34.3 Å². The number of benzene rings is 1. The van der Waals surface area contributed by atoms with Gasteiger partial charge in [-0.3, -0.25) is 0 Å². The molecule has 1 fully saturated rings. The number of hydrogen-bond donors (Lipinski definition) is 1. The first-order valence-corrected chi connectivity index (χ1v) is 8.90. The van der Waals surface area contributed by atoms with Gasteiger partial charge in [0.2, 0.25) is 0 Å². The summed E-state index contributed by atoms with van der Waals surface area (Å²) >= 11 is 10.5. The van der Waals surface area contributed by atoms with E-state index in [4.69, 9.17) is 11.6 Å². The van der Waals surface area contributed by atoms with Gasteiger partial charge in [0, 0.05) is 33.6 Å². The van der Waals surface area contributed by atoms with Gasteiger partial charge in [-0.1, -0.05) is 23.7 Å². The summed E-state index contributed by atoms with van der Waals surface area (Å²) in [4.78, 5) is 0. The highest BCUT2D eigenvalue weighted by molar-refractivity contribution is 8.06. The summed E-state index contributed by atoms with van der Waals surface area (Å²) in [6.45, 7) is 2.08. The smallest absolute Gasteiger partial charge is 0.0441 e. The van der Waals surface area contributed by atoms with E-state index in [1.807, 2.05) is 0 Å². The second-order valence-electron chi connectivity index (χ2n) is 4.68. The molecule has 1 heterocycles. The molecule has 0 amide bonds. The van der Waals surface area contributed by atoms with Crippen molar-refractivity contribution in [2.45, 2.75) is 24.6 Å². The maximum atomic E-state index is 6.33. The molecule has 18 heavy (non-hydrogen) atoms. The Morgan fingerprint density at radius 1 is 1.44 bits per heavy atom. The van der Waals surface area contributed by atoms with Crippen LogP contribution in [0.15, 0.2) is 18.2 Å². The van der Waals surface area contributed by atoms with Crippen molar-refractivity contribution in [2.75, 3.05) is 24.3 Å². The van der Waals surface area contributed by atoms with Crippen LogP contribution < -0.4 is 5.32 Å². The molecule has 0 bridgehead atoms. The van der Waals surface area contributed by atoms with Gasteiger partial charge in [-0.25, -0.2) is 0 Å². The summed E-state index contributed by atoms with van der Waals surface area (Å²) in [5.74, 6) is 3.82. The standard InChI is InChI=1S/C14H20ClNS2/c1-10-3-4-11(12(15)7-10)8-13(16-2)14-9-17-5-6-18-14/h3-4,7,13-14,16H,5-6,8-9H2,1-2H3. The molecule has 1 saturated heterocycles. The lowest BCUT2D eigenvalue weighted by Crippen LogP contribution is -2.40. The maximum absolute atomic E-state index is 6.33. The van der Waals surface area contributed by atoms with Crippen molar-refractivity contribution in [3.63, 3.8) is 0 Å². The van der Waals surface area contributed by atoms with Crippen LogP contribution in [0.5, 0.6) is 0 Å². The van der Waals surface area contributed by atoms with E-state index in [2.05, 4.69) is 61.0 Å². The van der Waals surface area contributed by atoms with Gasteiger partial charge in [0.05, 0.1) is 0 Å². The normalized spacial score (nSPS) is 21.8. The molecule has 1 nitrogen and oxygen atoms in total. The maximum Gasteiger partial charge on any atom is 0.0441 e. The Hall–Kier alpha value is 0.170. The first kappa shape index (κ1) is 14.6. The highest BCUT2D eigenvalue weighted by atomic mass is 35.5. The van der Waals surface area contributed by atoms with Crippen LogP contribution in [0.1, 0.15) is 11.1 Å². The molecule has 2 unspecified atom stereocenters. The Kier molecular flexibility index (Phi) is 5.74. The summed E-state index contributed by atoms with van der Waals surface area (Å²) in [5, 5.41) is 5.08. The van der Waals surface area contributed by atoms with Crippen molar-refractivity contribution < 1.29 is 0 Å². The second-order valence-corrected chi connectivity index (χ2v) is 7.58. The number of aryl methyl sites for hydroxylation is 1. The number of rotatable bonds is 4. The van der Waals surface area contributed by atoms with Crippen LogP contribution in [0.4, 0.5) is 0 Å². The summed E-state index contributed by atoms with van der Waals surface area (Å²) in [6.07, 6.45) is 1.02. The Labute approximate surface area is 123 Å². The molecular weight excluding hydrogens is 282 g/mol. The minimum atomic E-state index is 0.517. The average Bonchev–Trinajstić information content (AvgIpc) is 2.39. The van der Waals surface area contributed by atoms with Gasteiger partial charge in [0.1, 0.15) is 0 Å². The fraction of sp³-hybridized carbons (Fsp3) is 0.571. The van der Waals surface area contributed by atoms with Gasteiger partial charge in [-0.05, 0) is 37.6 Å². The van der Waals surface area contributed by atoms with E-state index in [1.165, 1.54) is 28.4 Å². The first-order chi connectivity index (χ1) is 8.70. The zero-order valence-corrected chi connectivity index (χ0v) is 13.3. The van der Waals surface area contributed by atoms with Crippen molar-refractivity contribution in [3.8, 4) is 0 Å². The quantitative estimate of drug-likeness (QED) is 0.912. The summed E-state index contributed by atoms with van der Waals surface area (Å²) in [5.41, 5.74) is 2.49. The van der Waals surface area contributed by atoms with Gasteiger partial charge >= 0.3 is 0 Å². The highest BCUT2D eigenvalue weighted by Crippen LogP contribution is 2.29. The molecule has 4 heteroatoms. The van der Waals surface area contributed by atoms with E-state index < -0.39 is 0 Å². The third-order valence-electron chi connectivity index (χ3n) is 3.31. The molecule has 2 rings (SSSR count). The van der Waals surface area contributed by atoms with E-state index >= 15 is 0 Å². The third-order valence-corrected chi connectivity index (χ3v) is 6.58. The number of halogens is 1. The van der Waals surface area contributed by atoms with Crippen LogP contribution >= 0.6 is 35.1 Å². The van der Waals surface area contributed by atoms with E-state index in [9.17, 15) is 0 Å². The molecule has 1 aromatic rings. The Bertz CT molecular complexity index is 391. The van der Waals surface area contributed by atoms with Crippen LogP contribution in [0.25, 0.3) is 0 Å². The highest BCUT2D eigenvalue weighted by Gasteiger charge is 2.24. The topological polar surface area (TPSA) is 12.0 Å². The van der Waals surface area contributed by atoms with Gasteiger partial charge in [0.25, 0.3) is 0 Å². The van der Waals surface area contributed by atoms with Crippen LogP contribution in [-0.4, -0.2) is 35.6 Å². The van der Waals surface area contributed by atoms with Crippen LogP contribution in [0.3, 0.4) is 0 Å². The van der Waals surface area contributed by atoms with Crippen LogP contribution in [0, 0.1) is 6.92 Å². The molecular formula is C14H20ClNS2. The predicted octanol–water partition coefficient (Wildman–Crippen LogP) is 3.63. The van der Waals surface area contributed by atoms with Gasteiger partial charge in [0.15, 0.2) is 0 Å². The summed E-state index contributed by atoms with van der Waals surface area (Å²) in [6, 6.07) is 6.90. The predicted molar refractivity (Wildman–Crippen MR) is 86.3 cm³/mol. The van der Waals surface area contributed by atoms with Crippen molar-refractivity contribution in [1.82, 2.24) is 5.32 Å². The molecule has 0 aliphatic carbocycles. The first-order valence-electron chi connectivity index (χ1n) is 6.32. The van der Waals surface area contributed by atoms with Gasteiger partial charge in [-0.2, -0.15) is 23.5 Å². The molecule has 0 saturated carbocycles. The molecule has 1 N–H and O–H groups in total. The van der Waals surface area contributed by atoms with Crippen molar-refractivity contribution in [2.24, 2.45) is 0 Å². The molecule has 1 aliphatic heterocycles. The lowest BCUT2D eigenvalue weighted by atomic mass is 10.0. The molecule has 0 radical (unpaired) electrons. The largest absolute Gasteiger partial charge is 0.316 e. The fourth-order valence-electron chi connectivity index (χ4n) is 2.21. The minimum Gasteiger partial charge on any atom is -0.316 e. The number of nitrogens with one attached hydrogen (secondary N) is 1. The minimum absolute atomic E-state index is 0.517. The van der Waals surface area contributed by atoms with Crippen LogP contribution in [0.2, 0.25) is 5.02 Å². The zero-order chi connectivity index (χ0) is 13.0. The average molecular weight is 302 g/mol. The number of thioether (sulfide) groups is 2. The molecule has 0 spiro atoms. The Morgan fingerprint density at radius 3 is 2.89 bits per heavy atom. The monoisotopic (exact) mass is 301 g/mol. The van der Waals surface area contributed by atoms with E-state index in [-0.39, 0.29) is 0 Å². The zero-order valence-electron chi connectivity index (χ0n) is 10.9. The molecule has 0 aromatic heterocycles. The number of likely N-dealkylation sites (N-methyl/N-ethyl adjacent to an activating group) is 1. The lowest BCUT2D eigenvalue weighted by molar-refractivity contribution is 0.557. The Morgan fingerprint density at radius 2 is 2.28 bits per heavy atom. The van der Waals surface area contributed by atoms with Crippen molar-refractivity contribution in [1.29, 1.82) is 0 Å². The summed E-state index contributed by atoms with van der Waals surface area (Å²) < 4.78 is 0. The fourth-order valence-corrected chi connectivity index (χ4v) is 5.45. The van der Waals surface area contributed by atoms with E-state index in [0.717, 1.165) is 11.4 Å². The summed E-state index contributed by atoms with van der Waals surface area (Å²) in [7, 11) is 2.06. The number of hydrogen-bond acceptors (Lipinski definition) is 3. The molecule has 2 atom stereocenters. The third kappa shape index (κ3) is 3.83. The second kappa shape index (κ2) is 7.09. The van der Waals surface area contributed by atoms with Gasteiger partial charge in [-0.15, -0.1) is 0 Å².